The summed E-state index contributed by atoms with van der Waals surface area (Å²) in [6, 6.07) is 14.3. The molecule has 1 N–H and O–H groups in total. The number of nitrogens with zero attached hydrogens (tertiary/aromatic N) is 1. The van der Waals surface area contributed by atoms with Gasteiger partial charge in [-0.15, -0.1) is 0 Å². The van der Waals surface area contributed by atoms with Crippen LogP contribution in [0.1, 0.15) is 61.4 Å². The third-order valence-corrected chi connectivity index (χ3v) is 4.12. The van der Waals surface area contributed by atoms with Gasteiger partial charge in [0.2, 0.25) is 0 Å². The molecule has 138 valence electrons. The molecule has 0 saturated carbocycles. The number of aromatic carboxylic acids is 1. The van der Waals surface area contributed by atoms with Gasteiger partial charge in [0.25, 0.3) is 0 Å². The van der Waals surface area contributed by atoms with Crippen LogP contribution in [0.15, 0.2) is 53.5 Å². The SMILES string of the molecule is CCCCCCCCOc1ccc(C=Nc2ccc(C(=O)O)cc2)cc1. The number of hydrogen-bond donors (Lipinski definition) is 1. The summed E-state index contributed by atoms with van der Waals surface area (Å²) in [6.07, 6.45) is 9.30. The predicted octanol–water partition coefficient (Wildman–Crippen LogP) is 5.87. The highest BCUT2D eigenvalue weighted by molar-refractivity contribution is 5.88. The van der Waals surface area contributed by atoms with Crippen molar-refractivity contribution in [2.45, 2.75) is 45.4 Å². The molecule has 4 nitrogen and oxygen atoms in total. The van der Waals surface area contributed by atoms with E-state index in [9.17, 15) is 4.79 Å². The van der Waals surface area contributed by atoms with Crippen molar-refractivity contribution in [2.75, 3.05) is 6.61 Å². The van der Waals surface area contributed by atoms with Crippen molar-refractivity contribution in [3.8, 4) is 5.75 Å². The molecular formula is C22H27NO3. The third kappa shape index (κ3) is 7.09. The van der Waals surface area contributed by atoms with E-state index in [1.54, 1.807) is 30.5 Å². The molecular weight excluding hydrogens is 326 g/mol. The van der Waals surface area contributed by atoms with Crippen LogP contribution >= 0.6 is 0 Å². The van der Waals surface area contributed by atoms with Gasteiger partial charge in [-0.05, 0) is 60.5 Å². The molecule has 2 aromatic carbocycles. The molecule has 0 amide bonds. The third-order valence-electron chi connectivity index (χ3n) is 4.12. The molecule has 0 aliphatic rings. The van der Waals surface area contributed by atoms with E-state index < -0.39 is 5.97 Å². The Hall–Kier alpha value is -2.62. The lowest BCUT2D eigenvalue weighted by molar-refractivity contribution is 0.0697. The van der Waals surface area contributed by atoms with Gasteiger partial charge in [-0.1, -0.05) is 39.0 Å². The smallest absolute Gasteiger partial charge is 0.335 e. The summed E-state index contributed by atoms with van der Waals surface area (Å²) in [7, 11) is 0. The quantitative estimate of drug-likeness (QED) is 0.406. The normalized spacial score (nSPS) is 11.0. The Morgan fingerprint density at radius 2 is 1.62 bits per heavy atom. The van der Waals surface area contributed by atoms with Crippen LogP contribution in [0.4, 0.5) is 5.69 Å². The van der Waals surface area contributed by atoms with E-state index >= 15 is 0 Å². The Kier molecular flexibility index (Phi) is 8.40. The Bertz CT molecular complexity index is 690. The van der Waals surface area contributed by atoms with E-state index in [1.807, 2.05) is 24.3 Å². The molecule has 2 aromatic rings. The first-order chi connectivity index (χ1) is 12.7. The number of aliphatic imine (C=N–C) groups is 1. The van der Waals surface area contributed by atoms with Gasteiger partial charge in [0.15, 0.2) is 0 Å². The van der Waals surface area contributed by atoms with Crippen molar-refractivity contribution in [3.63, 3.8) is 0 Å². The first kappa shape index (κ1) is 19.7. The lowest BCUT2D eigenvalue weighted by Crippen LogP contribution is -1.97. The van der Waals surface area contributed by atoms with E-state index in [-0.39, 0.29) is 5.56 Å². The minimum absolute atomic E-state index is 0.260. The lowest BCUT2D eigenvalue weighted by Gasteiger charge is -2.06. The van der Waals surface area contributed by atoms with Crippen molar-refractivity contribution in [1.82, 2.24) is 0 Å². The zero-order valence-corrected chi connectivity index (χ0v) is 15.4. The number of carboxylic acids is 1. The number of ether oxygens (including phenoxy) is 1. The molecule has 0 heterocycles. The molecule has 4 heteroatoms. The second-order valence-electron chi connectivity index (χ2n) is 6.30. The maximum absolute atomic E-state index is 10.8. The highest BCUT2D eigenvalue weighted by Gasteiger charge is 2.00. The fourth-order valence-electron chi connectivity index (χ4n) is 2.56. The van der Waals surface area contributed by atoms with E-state index in [0.29, 0.717) is 0 Å². The second kappa shape index (κ2) is 11.1. The van der Waals surface area contributed by atoms with Gasteiger partial charge in [-0.2, -0.15) is 0 Å². The Labute approximate surface area is 155 Å². The molecule has 0 spiro atoms. The van der Waals surface area contributed by atoms with Crippen LogP contribution in [0.25, 0.3) is 0 Å². The molecule has 0 atom stereocenters. The number of carbonyl (C=O) groups is 1. The molecule has 0 saturated heterocycles. The van der Waals surface area contributed by atoms with Gasteiger partial charge >= 0.3 is 5.97 Å². The monoisotopic (exact) mass is 353 g/mol. The maximum atomic E-state index is 10.8. The van der Waals surface area contributed by atoms with Crippen molar-refractivity contribution >= 4 is 17.9 Å². The summed E-state index contributed by atoms with van der Waals surface area (Å²) in [4.78, 5) is 15.2. The van der Waals surface area contributed by atoms with Gasteiger partial charge in [0, 0.05) is 6.21 Å². The second-order valence-corrected chi connectivity index (χ2v) is 6.30. The largest absolute Gasteiger partial charge is 0.494 e. The first-order valence-electron chi connectivity index (χ1n) is 9.29. The molecule has 0 bridgehead atoms. The Morgan fingerprint density at radius 1 is 0.962 bits per heavy atom. The van der Waals surface area contributed by atoms with E-state index in [4.69, 9.17) is 9.84 Å². The Balaban J connectivity index is 1.75. The minimum Gasteiger partial charge on any atom is -0.494 e. The van der Waals surface area contributed by atoms with Gasteiger partial charge < -0.3 is 9.84 Å². The Morgan fingerprint density at radius 3 is 2.27 bits per heavy atom. The first-order valence-corrected chi connectivity index (χ1v) is 9.29. The minimum atomic E-state index is -0.933. The summed E-state index contributed by atoms with van der Waals surface area (Å²) in [5, 5.41) is 8.89. The van der Waals surface area contributed by atoms with Gasteiger partial charge in [-0.25, -0.2) is 4.79 Å². The van der Waals surface area contributed by atoms with Crippen LogP contribution in [0.3, 0.4) is 0 Å². The molecule has 0 unspecified atom stereocenters. The van der Waals surface area contributed by atoms with Crippen molar-refractivity contribution in [2.24, 2.45) is 4.99 Å². The molecule has 0 aliphatic heterocycles. The average Bonchev–Trinajstić information content (AvgIpc) is 2.67. The van der Waals surface area contributed by atoms with Gasteiger partial charge in [0.05, 0.1) is 17.9 Å². The van der Waals surface area contributed by atoms with Crippen LogP contribution in [-0.4, -0.2) is 23.9 Å². The van der Waals surface area contributed by atoms with Crippen LogP contribution < -0.4 is 4.74 Å². The van der Waals surface area contributed by atoms with Gasteiger partial charge in [-0.3, -0.25) is 4.99 Å². The number of benzene rings is 2. The molecule has 26 heavy (non-hydrogen) atoms. The molecule has 0 fully saturated rings. The summed E-state index contributed by atoms with van der Waals surface area (Å²) in [6.45, 7) is 2.99. The van der Waals surface area contributed by atoms with E-state index in [1.165, 1.54) is 32.1 Å². The molecule has 2 rings (SSSR count). The summed E-state index contributed by atoms with van der Waals surface area (Å²) >= 11 is 0. The fraction of sp³-hybridized carbons (Fsp3) is 0.364. The maximum Gasteiger partial charge on any atom is 0.335 e. The van der Waals surface area contributed by atoms with Crippen LogP contribution in [0, 0.1) is 0 Å². The zero-order chi connectivity index (χ0) is 18.6. The number of unbranched alkanes of at least 4 members (excludes halogenated alkanes) is 5. The van der Waals surface area contributed by atoms with Crippen LogP contribution in [0.2, 0.25) is 0 Å². The topological polar surface area (TPSA) is 58.9 Å². The molecule has 0 radical (unpaired) electrons. The molecule has 0 aliphatic carbocycles. The standard InChI is InChI=1S/C22H27NO3/c1-2-3-4-5-6-7-16-26-21-14-8-18(9-15-21)17-23-20-12-10-19(11-13-20)22(24)25/h8-15,17H,2-7,16H2,1H3,(H,24,25). The van der Waals surface area contributed by atoms with Crippen LogP contribution in [-0.2, 0) is 0 Å². The van der Waals surface area contributed by atoms with E-state index in [0.717, 1.165) is 30.0 Å². The summed E-state index contributed by atoms with van der Waals surface area (Å²) < 4.78 is 5.77. The van der Waals surface area contributed by atoms with Gasteiger partial charge in [0.1, 0.15) is 5.75 Å². The van der Waals surface area contributed by atoms with Crippen molar-refractivity contribution in [1.29, 1.82) is 0 Å². The summed E-state index contributed by atoms with van der Waals surface area (Å²) in [5.41, 5.74) is 1.95. The zero-order valence-electron chi connectivity index (χ0n) is 15.4. The van der Waals surface area contributed by atoms with E-state index in [2.05, 4.69) is 11.9 Å². The van der Waals surface area contributed by atoms with Crippen LogP contribution in [0.5, 0.6) is 5.75 Å². The summed E-state index contributed by atoms with van der Waals surface area (Å²) in [5.74, 6) is -0.0569. The predicted molar refractivity (Wildman–Crippen MR) is 106 cm³/mol. The number of hydrogen-bond acceptors (Lipinski definition) is 3. The molecule has 0 aromatic heterocycles. The van der Waals surface area contributed by atoms with Crippen molar-refractivity contribution in [3.05, 3.63) is 59.7 Å². The van der Waals surface area contributed by atoms with Crippen molar-refractivity contribution < 1.29 is 14.6 Å². The number of carboxylic acid groups (broad SMARTS) is 1. The highest BCUT2D eigenvalue weighted by atomic mass is 16.5. The fourth-order valence-corrected chi connectivity index (χ4v) is 2.56. The lowest BCUT2D eigenvalue weighted by atomic mass is 10.1. The number of rotatable bonds is 11. The highest BCUT2D eigenvalue weighted by Crippen LogP contribution is 2.15. The average molecular weight is 353 g/mol.